The van der Waals surface area contributed by atoms with Crippen LogP contribution < -0.4 is 0 Å². The van der Waals surface area contributed by atoms with Crippen molar-refractivity contribution in [1.82, 2.24) is 9.78 Å². The molecule has 0 spiro atoms. The summed E-state index contributed by atoms with van der Waals surface area (Å²) >= 11 is 6.25. The smallest absolute Gasteiger partial charge is 0.111 e. The summed E-state index contributed by atoms with van der Waals surface area (Å²) in [6.07, 6.45) is 6.00. The lowest BCUT2D eigenvalue weighted by Gasteiger charge is -2.33. The van der Waals surface area contributed by atoms with Gasteiger partial charge in [0.25, 0.3) is 0 Å². The van der Waals surface area contributed by atoms with Crippen LogP contribution in [-0.4, -0.2) is 14.9 Å². The van der Waals surface area contributed by atoms with Crippen molar-refractivity contribution in [1.29, 1.82) is 0 Å². The summed E-state index contributed by atoms with van der Waals surface area (Å²) in [6.45, 7) is 4.15. The van der Waals surface area contributed by atoms with Gasteiger partial charge in [-0.25, -0.2) is 0 Å². The van der Waals surface area contributed by atoms with E-state index in [0.29, 0.717) is 16.9 Å². The molecule has 0 radical (unpaired) electrons. The van der Waals surface area contributed by atoms with E-state index < -0.39 is 5.60 Å². The van der Waals surface area contributed by atoms with Crippen LogP contribution in [0, 0.1) is 11.8 Å². The Bertz CT molecular complexity index is 443. The van der Waals surface area contributed by atoms with Crippen LogP contribution in [0.4, 0.5) is 0 Å². The van der Waals surface area contributed by atoms with Gasteiger partial charge in [-0.1, -0.05) is 11.6 Å². The first-order valence-electron chi connectivity index (χ1n) is 6.50. The van der Waals surface area contributed by atoms with E-state index in [2.05, 4.69) is 18.9 Å². The Morgan fingerprint density at radius 2 is 2.35 bits per heavy atom. The molecule has 2 aliphatic carbocycles. The van der Waals surface area contributed by atoms with E-state index >= 15 is 0 Å². The molecule has 1 aromatic rings. The molecule has 3 unspecified atom stereocenters. The minimum Gasteiger partial charge on any atom is -0.383 e. The number of fused-ring (bicyclic) bond motifs is 1. The van der Waals surface area contributed by atoms with Crippen molar-refractivity contribution in [2.45, 2.75) is 51.2 Å². The SMILES string of the molecule is CC(C)n1ncc(Cl)c1C1(O)CCCC2CC21. The molecule has 4 heteroatoms. The standard InChI is InChI=1S/C13H19ClN2O/c1-8(2)16-12(11(14)7-15-16)13(17)5-3-4-9-6-10(9)13/h7-10,17H,3-6H2,1-2H3. The molecular weight excluding hydrogens is 236 g/mol. The van der Waals surface area contributed by atoms with E-state index in [1.165, 1.54) is 6.42 Å². The second kappa shape index (κ2) is 3.72. The Labute approximate surface area is 107 Å². The predicted octanol–water partition coefficient (Wildman–Crippen LogP) is 3.13. The molecule has 3 rings (SSSR count). The average Bonchev–Trinajstić information content (AvgIpc) is 2.95. The van der Waals surface area contributed by atoms with Gasteiger partial charge >= 0.3 is 0 Å². The van der Waals surface area contributed by atoms with Gasteiger partial charge in [-0.2, -0.15) is 5.10 Å². The third-order valence-electron chi connectivity index (χ3n) is 4.32. The van der Waals surface area contributed by atoms with E-state index in [4.69, 9.17) is 11.6 Å². The molecule has 1 N–H and O–H groups in total. The summed E-state index contributed by atoms with van der Waals surface area (Å²) in [5, 5.41) is 15.9. The third-order valence-corrected chi connectivity index (χ3v) is 4.60. The molecule has 2 fully saturated rings. The van der Waals surface area contributed by atoms with Gasteiger partial charge in [0.05, 0.1) is 16.9 Å². The zero-order valence-corrected chi connectivity index (χ0v) is 11.1. The minimum absolute atomic E-state index is 0.237. The maximum atomic E-state index is 11.0. The van der Waals surface area contributed by atoms with E-state index in [0.717, 1.165) is 25.0 Å². The van der Waals surface area contributed by atoms with Crippen LogP contribution in [0.5, 0.6) is 0 Å². The second-order valence-corrected chi connectivity index (χ2v) is 6.21. The van der Waals surface area contributed by atoms with Crippen molar-refractivity contribution >= 4 is 11.6 Å². The van der Waals surface area contributed by atoms with Crippen LogP contribution in [0.15, 0.2) is 6.20 Å². The summed E-state index contributed by atoms with van der Waals surface area (Å²) < 4.78 is 1.89. The molecule has 0 aliphatic heterocycles. The van der Waals surface area contributed by atoms with Gasteiger partial charge in [-0.05, 0) is 51.4 Å². The molecule has 2 aliphatic rings. The highest BCUT2D eigenvalue weighted by molar-refractivity contribution is 6.31. The largest absolute Gasteiger partial charge is 0.383 e. The molecular formula is C13H19ClN2O. The first-order chi connectivity index (χ1) is 8.04. The van der Waals surface area contributed by atoms with Crippen molar-refractivity contribution in [3.63, 3.8) is 0 Å². The average molecular weight is 255 g/mol. The molecule has 0 saturated heterocycles. The number of aromatic nitrogens is 2. The maximum absolute atomic E-state index is 11.0. The Morgan fingerprint density at radius 1 is 1.59 bits per heavy atom. The molecule has 0 bridgehead atoms. The van der Waals surface area contributed by atoms with Crippen molar-refractivity contribution in [3.05, 3.63) is 16.9 Å². The van der Waals surface area contributed by atoms with Crippen molar-refractivity contribution < 1.29 is 5.11 Å². The molecule has 1 aromatic heterocycles. The first-order valence-corrected chi connectivity index (χ1v) is 6.87. The first kappa shape index (κ1) is 11.5. The van der Waals surface area contributed by atoms with Crippen LogP contribution in [-0.2, 0) is 5.60 Å². The Morgan fingerprint density at radius 3 is 3.06 bits per heavy atom. The fourth-order valence-electron chi connectivity index (χ4n) is 3.40. The predicted molar refractivity (Wildman–Crippen MR) is 67.0 cm³/mol. The highest BCUT2D eigenvalue weighted by Gasteiger charge is 2.56. The molecule has 94 valence electrons. The maximum Gasteiger partial charge on any atom is 0.111 e. The van der Waals surface area contributed by atoms with Crippen molar-refractivity contribution in [3.8, 4) is 0 Å². The molecule has 3 nitrogen and oxygen atoms in total. The quantitative estimate of drug-likeness (QED) is 0.881. The molecule has 2 saturated carbocycles. The van der Waals surface area contributed by atoms with Crippen LogP contribution in [0.1, 0.15) is 51.3 Å². The monoisotopic (exact) mass is 254 g/mol. The van der Waals surface area contributed by atoms with Crippen LogP contribution in [0.3, 0.4) is 0 Å². The zero-order chi connectivity index (χ0) is 12.2. The Balaban J connectivity index is 2.05. The summed E-state index contributed by atoms with van der Waals surface area (Å²) in [5.74, 6) is 1.11. The Hall–Kier alpha value is -0.540. The van der Waals surface area contributed by atoms with Gasteiger partial charge in [0, 0.05) is 6.04 Å². The molecule has 0 amide bonds. The number of hydrogen-bond acceptors (Lipinski definition) is 2. The number of rotatable bonds is 2. The number of aliphatic hydroxyl groups is 1. The lowest BCUT2D eigenvalue weighted by atomic mass is 9.82. The van der Waals surface area contributed by atoms with Gasteiger partial charge in [0.2, 0.25) is 0 Å². The fraction of sp³-hybridized carbons (Fsp3) is 0.769. The molecule has 1 heterocycles. The van der Waals surface area contributed by atoms with Gasteiger partial charge in [0.15, 0.2) is 0 Å². The third kappa shape index (κ3) is 1.63. The highest BCUT2D eigenvalue weighted by atomic mass is 35.5. The van der Waals surface area contributed by atoms with Gasteiger partial charge in [-0.3, -0.25) is 4.68 Å². The van der Waals surface area contributed by atoms with Gasteiger partial charge < -0.3 is 5.11 Å². The van der Waals surface area contributed by atoms with Gasteiger partial charge in [0.1, 0.15) is 5.60 Å². The number of nitrogens with zero attached hydrogens (tertiary/aromatic N) is 2. The fourth-order valence-corrected chi connectivity index (χ4v) is 3.70. The molecule has 0 aromatic carbocycles. The van der Waals surface area contributed by atoms with E-state index in [-0.39, 0.29) is 6.04 Å². The Kier molecular flexibility index (Phi) is 2.53. The van der Waals surface area contributed by atoms with E-state index in [9.17, 15) is 5.11 Å². The molecule has 17 heavy (non-hydrogen) atoms. The van der Waals surface area contributed by atoms with Crippen LogP contribution in [0.25, 0.3) is 0 Å². The molecule has 3 atom stereocenters. The van der Waals surface area contributed by atoms with E-state index in [1.54, 1.807) is 6.20 Å². The lowest BCUT2D eigenvalue weighted by molar-refractivity contribution is -0.0247. The normalized spacial score (nSPS) is 36.1. The topological polar surface area (TPSA) is 38.0 Å². The van der Waals surface area contributed by atoms with Crippen molar-refractivity contribution in [2.75, 3.05) is 0 Å². The summed E-state index contributed by atoms with van der Waals surface area (Å²) in [7, 11) is 0. The summed E-state index contributed by atoms with van der Waals surface area (Å²) in [5.41, 5.74) is 0.113. The zero-order valence-electron chi connectivity index (χ0n) is 10.4. The summed E-state index contributed by atoms with van der Waals surface area (Å²) in [6, 6.07) is 0.237. The van der Waals surface area contributed by atoms with E-state index in [1.807, 2.05) is 4.68 Å². The lowest BCUT2D eigenvalue weighted by Crippen LogP contribution is -2.35. The number of hydrogen-bond donors (Lipinski definition) is 1. The van der Waals surface area contributed by atoms with Crippen LogP contribution in [0.2, 0.25) is 5.02 Å². The number of halogens is 1. The summed E-state index contributed by atoms with van der Waals surface area (Å²) in [4.78, 5) is 0. The van der Waals surface area contributed by atoms with Crippen molar-refractivity contribution in [2.24, 2.45) is 11.8 Å². The van der Waals surface area contributed by atoms with Crippen LogP contribution >= 0.6 is 11.6 Å². The van der Waals surface area contributed by atoms with Gasteiger partial charge in [-0.15, -0.1) is 0 Å². The highest BCUT2D eigenvalue weighted by Crippen LogP contribution is 2.59. The minimum atomic E-state index is -0.735. The second-order valence-electron chi connectivity index (χ2n) is 5.80.